The predicted molar refractivity (Wildman–Crippen MR) is 57.0 cm³/mol. The van der Waals surface area contributed by atoms with Gasteiger partial charge in [-0.2, -0.15) is 0 Å². The molecule has 0 heterocycles. The van der Waals surface area contributed by atoms with Crippen molar-refractivity contribution in [3.63, 3.8) is 0 Å². The van der Waals surface area contributed by atoms with Gasteiger partial charge in [0.25, 0.3) is 0 Å². The van der Waals surface area contributed by atoms with Crippen molar-refractivity contribution < 1.29 is 18.7 Å². The number of carbonyl (C=O) groups is 2. The molecule has 16 heavy (non-hydrogen) atoms. The normalized spacial score (nSPS) is 9.94. The highest BCUT2D eigenvalue weighted by Crippen LogP contribution is 2.13. The van der Waals surface area contributed by atoms with Crippen molar-refractivity contribution in [2.24, 2.45) is 0 Å². The van der Waals surface area contributed by atoms with Crippen LogP contribution in [0.3, 0.4) is 0 Å². The Hall–Kier alpha value is -1.71. The summed E-state index contributed by atoms with van der Waals surface area (Å²) in [6, 6.07) is 3.71. The van der Waals surface area contributed by atoms with Gasteiger partial charge in [-0.15, -0.1) is 0 Å². The molecule has 0 bridgehead atoms. The van der Waals surface area contributed by atoms with Crippen LogP contribution in [0.4, 0.5) is 4.39 Å². The maximum atomic E-state index is 13.3. The van der Waals surface area contributed by atoms with Crippen LogP contribution in [-0.4, -0.2) is 18.4 Å². The fourth-order valence-electron chi connectivity index (χ4n) is 1.27. The molecule has 0 N–H and O–H groups in total. The number of carbonyl (C=O) groups excluding carboxylic acids is 2. The van der Waals surface area contributed by atoms with E-state index in [1.807, 2.05) is 0 Å². The molecule has 0 amide bonds. The number of Topliss-reactive ketones (excluding diaryl/α,β-unsaturated/α-hetero) is 1. The molecule has 0 aliphatic rings. The van der Waals surface area contributed by atoms with Gasteiger partial charge in [-0.05, 0) is 25.1 Å². The highest BCUT2D eigenvalue weighted by atomic mass is 19.1. The number of rotatable bonds is 4. The molecule has 0 fully saturated rings. The second-order valence-corrected chi connectivity index (χ2v) is 3.19. The molecule has 3 nitrogen and oxygen atoms in total. The molecule has 0 atom stereocenters. The Balaban J connectivity index is 3.08. The Morgan fingerprint density at radius 2 is 2.00 bits per heavy atom. The minimum Gasteiger partial charge on any atom is -0.462 e. The van der Waals surface area contributed by atoms with Crippen LogP contribution < -0.4 is 0 Å². The third kappa shape index (κ3) is 2.66. The Morgan fingerprint density at radius 3 is 2.56 bits per heavy atom. The summed E-state index contributed by atoms with van der Waals surface area (Å²) in [5.74, 6) is -1.55. The van der Waals surface area contributed by atoms with Crippen molar-refractivity contribution in [1.29, 1.82) is 0 Å². The van der Waals surface area contributed by atoms with Crippen molar-refractivity contribution in [2.45, 2.75) is 20.3 Å². The summed E-state index contributed by atoms with van der Waals surface area (Å²) < 4.78 is 18.0. The highest BCUT2D eigenvalue weighted by molar-refractivity contribution is 5.99. The first-order valence-corrected chi connectivity index (χ1v) is 5.10. The Labute approximate surface area is 93.2 Å². The zero-order valence-corrected chi connectivity index (χ0v) is 9.25. The van der Waals surface area contributed by atoms with Gasteiger partial charge in [-0.3, -0.25) is 4.79 Å². The zero-order valence-electron chi connectivity index (χ0n) is 9.25. The number of ether oxygens (including phenoxy) is 1. The number of ketones is 1. The van der Waals surface area contributed by atoms with Crippen LogP contribution in [-0.2, 0) is 4.74 Å². The number of hydrogen-bond acceptors (Lipinski definition) is 3. The van der Waals surface area contributed by atoms with E-state index in [1.165, 1.54) is 12.1 Å². The summed E-state index contributed by atoms with van der Waals surface area (Å²) in [6.45, 7) is 3.51. The van der Waals surface area contributed by atoms with Gasteiger partial charge >= 0.3 is 5.97 Å². The van der Waals surface area contributed by atoms with Gasteiger partial charge in [0.05, 0.1) is 12.2 Å². The van der Waals surface area contributed by atoms with Crippen molar-refractivity contribution in [1.82, 2.24) is 0 Å². The van der Waals surface area contributed by atoms with E-state index in [4.69, 9.17) is 0 Å². The van der Waals surface area contributed by atoms with Crippen molar-refractivity contribution in [2.75, 3.05) is 6.61 Å². The summed E-state index contributed by atoms with van der Waals surface area (Å²) in [6.07, 6.45) is 0.313. The summed E-state index contributed by atoms with van der Waals surface area (Å²) in [4.78, 5) is 22.7. The topological polar surface area (TPSA) is 43.4 Å². The second-order valence-electron chi connectivity index (χ2n) is 3.19. The predicted octanol–water partition coefficient (Wildman–Crippen LogP) is 2.60. The van der Waals surface area contributed by atoms with Gasteiger partial charge in [-0.25, -0.2) is 9.18 Å². The Bertz CT molecular complexity index is 413. The number of halogens is 1. The minimum absolute atomic E-state index is 0.134. The molecule has 1 rings (SSSR count). The minimum atomic E-state index is -0.745. The van der Waals surface area contributed by atoms with Gasteiger partial charge < -0.3 is 4.74 Å². The van der Waals surface area contributed by atoms with Crippen molar-refractivity contribution in [3.05, 3.63) is 35.1 Å². The third-order valence-electron chi connectivity index (χ3n) is 2.10. The van der Waals surface area contributed by atoms with Crippen molar-refractivity contribution in [3.8, 4) is 0 Å². The first-order valence-electron chi connectivity index (χ1n) is 5.10. The molecule has 1 aromatic rings. The standard InChI is InChI=1S/C12H13FO3/c1-3-11(14)8-5-6-10(13)9(7-8)12(15)16-4-2/h5-7H,3-4H2,1-2H3. The molecule has 0 radical (unpaired) electrons. The van der Waals surface area contributed by atoms with E-state index in [0.717, 1.165) is 6.07 Å². The third-order valence-corrected chi connectivity index (χ3v) is 2.10. The Morgan fingerprint density at radius 1 is 1.31 bits per heavy atom. The van der Waals surface area contributed by atoms with Gasteiger partial charge in [0, 0.05) is 12.0 Å². The van der Waals surface area contributed by atoms with E-state index in [2.05, 4.69) is 4.74 Å². The fraction of sp³-hybridized carbons (Fsp3) is 0.333. The molecule has 86 valence electrons. The molecule has 0 saturated carbocycles. The lowest BCUT2D eigenvalue weighted by Crippen LogP contribution is -2.09. The van der Waals surface area contributed by atoms with Crippen LogP contribution in [0.25, 0.3) is 0 Å². The average Bonchev–Trinajstić information content (AvgIpc) is 2.29. The van der Waals surface area contributed by atoms with E-state index in [1.54, 1.807) is 13.8 Å². The van der Waals surface area contributed by atoms with Gasteiger partial charge in [-0.1, -0.05) is 6.92 Å². The van der Waals surface area contributed by atoms with E-state index in [0.29, 0.717) is 12.0 Å². The molecular weight excluding hydrogens is 211 g/mol. The summed E-state index contributed by atoms with van der Waals surface area (Å²) in [5.41, 5.74) is 0.133. The van der Waals surface area contributed by atoms with Crippen LogP contribution in [0, 0.1) is 5.82 Å². The first-order chi connectivity index (χ1) is 7.60. The first kappa shape index (κ1) is 12.4. The zero-order chi connectivity index (χ0) is 12.1. The monoisotopic (exact) mass is 224 g/mol. The Kier molecular flexibility index (Phi) is 4.17. The smallest absolute Gasteiger partial charge is 0.341 e. The number of hydrogen-bond donors (Lipinski definition) is 0. The summed E-state index contributed by atoms with van der Waals surface area (Å²) in [7, 11) is 0. The van der Waals surface area contributed by atoms with E-state index >= 15 is 0 Å². The lowest BCUT2D eigenvalue weighted by molar-refractivity contribution is 0.0521. The average molecular weight is 224 g/mol. The van der Waals surface area contributed by atoms with Crippen LogP contribution in [0.1, 0.15) is 41.0 Å². The van der Waals surface area contributed by atoms with E-state index in [-0.39, 0.29) is 18.0 Å². The largest absolute Gasteiger partial charge is 0.462 e. The lowest BCUT2D eigenvalue weighted by atomic mass is 10.1. The molecule has 0 unspecified atom stereocenters. The summed E-state index contributed by atoms with van der Waals surface area (Å²) in [5, 5.41) is 0. The lowest BCUT2D eigenvalue weighted by Gasteiger charge is -2.05. The SMILES string of the molecule is CCOC(=O)c1cc(C(=O)CC)ccc1F. The molecule has 1 aromatic carbocycles. The maximum Gasteiger partial charge on any atom is 0.341 e. The van der Waals surface area contributed by atoms with Crippen LogP contribution in [0.15, 0.2) is 18.2 Å². The molecule has 0 spiro atoms. The number of benzene rings is 1. The van der Waals surface area contributed by atoms with Crippen LogP contribution >= 0.6 is 0 Å². The quantitative estimate of drug-likeness (QED) is 0.583. The summed E-state index contributed by atoms with van der Waals surface area (Å²) >= 11 is 0. The fourth-order valence-corrected chi connectivity index (χ4v) is 1.27. The molecular formula is C12H13FO3. The second kappa shape index (κ2) is 5.39. The van der Waals surface area contributed by atoms with Gasteiger partial charge in [0.2, 0.25) is 0 Å². The molecule has 0 aliphatic carbocycles. The van der Waals surface area contributed by atoms with Crippen molar-refractivity contribution >= 4 is 11.8 Å². The van der Waals surface area contributed by atoms with E-state index in [9.17, 15) is 14.0 Å². The van der Waals surface area contributed by atoms with E-state index < -0.39 is 11.8 Å². The molecule has 0 saturated heterocycles. The van der Waals surface area contributed by atoms with Crippen LogP contribution in [0.5, 0.6) is 0 Å². The van der Waals surface area contributed by atoms with Gasteiger partial charge in [0.15, 0.2) is 5.78 Å². The molecule has 0 aliphatic heterocycles. The van der Waals surface area contributed by atoms with Crippen LogP contribution in [0.2, 0.25) is 0 Å². The molecule has 4 heteroatoms. The van der Waals surface area contributed by atoms with Gasteiger partial charge in [0.1, 0.15) is 5.82 Å². The molecule has 0 aromatic heterocycles. The maximum absolute atomic E-state index is 13.3. The highest BCUT2D eigenvalue weighted by Gasteiger charge is 2.15. The number of esters is 1.